The number of nitrogens with one attached hydrogen (secondary N) is 2. The van der Waals surface area contributed by atoms with Crippen LogP contribution in [-0.2, 0) is 9.59 Å². The van der Waals surface area contributed by atoms with Crippen LogP contribution in [0.2, 0.25) is 0 Å². The fourth-order valence-corrected chi connectivity index (χ4v) is 2.32. The second-order valence-corrected chi connectivity index (χ2v) is 5.90. The lowest BCUT2D eigenvalue weighted by molar-refractivity contribution is -0.128. The molecule has 1 aromatic carbocycles. The highest BCUT2D eigenvalue weighted by atomic mass is 16.2. The van der Waals surface area contributed by atoms with Gasteiger partial charge in [-0.2, -0.15) is 5.10 Å². The molecule has 0 bridgehead atoms. The second-order valence-electron chi connectivity index (χ2n) is 5.90. The van der Waals surface area contributed by atoms with Crippen molar-refractivity contribution in [3.63, 3.8) is 0 Å². The molecular formula is C17H23N5O2. The van der Waals surface area contributed by atoms with E-state index < -0.39 is 5.54 Å². The fraction of sp³-hybridized carbons (Fsp3) is 0.353. The molecule has 4 N–H and O–H groups in total. The molecule has 2 amide bonds. The van der Waals surface area contributed by atoms with E-state index in [0.717, 1.165) is 12.1 Å². The number of nitrogens with two attached hydrogens (primary N) is 1. The van der Waals surface area contributed by atoms with Crippen LogP contribution in [0.25, 0.3) is 5.69 Å². The van der Waals surface area contributed by atoms with Gasteiger partial charge in [0.1, 0.15) is 0 Å². The summed E-state index contributed by atoms with van der Waals surface area (Å²) >= 11 is 0. The second kappa shape index (κ2) is 7.74. The summed E-state index contributed by atoms with van der Waals surface area (Å²) in [6, 6.07) is 9.09. The maximum Gasteiger partial charge on any atom is 0.243 e. The number of hydrogen-bond acceptors (Lipinski definition) is 4. The summed E-state index contributed by atoms with van der Waals surface area (Å²) in [6.07, 6.45) is 4.90. The Balaban J connectivity index is 1.85. The Morgan fingerprint density at radius 1 is 1.29 bits per heavy atom. The van der Waals surface area contributed by atoms with E-state index in [1.807, 2.05) is 31.3 Å². The van der Waals surface area contributed by atoms with Gasteiger partial charge in [-0.15, -0.1) is 0 Å². The zero-order valence-corrected chi connectivity index (χ0v) is 14.0. The summed E-state index contributed by atoms with van der Waals surface area (Å²) in [4.78, 5) is 23.9. The van der Waals surface area contributed by atoms with Crippen LogP contribution in [0.15, 0.2) is 42.7 Å². The molecule has 0 fully saturated rings. The first-order valence-electron chi connectivity index (χ1n) is 7.89. The summed E-state index contributed by atoms with van der Waals surface area (Å²) in [5.41, 5.74) is 6.50. The molecule has 2 aromatic rings. The smallest absolute Gasteiger partial charge is 0.243 e. The predicted molar refractivity (Wildman–Crippen MR) is 92.7 cm³/mol. The molecule has 1 unspecified atom stereocenters. The number of nitrogens with zero attached hydrogens (tertiary/aromatic N) is 2. The molecule has 0 saturated heterocycles. The molecule has 0 aliphatic carbocycles. The quantitative estimate of drug-likeness (QED) is 0.715. The van der Waals surface area contributed by atoms with E-state index in [9.17, 15) is 9.59 Å². The zero-order chi connectivity index (χ0) is 17.6. The Morgan fingerprint density at radius 3 is 2.58 bits per heavy atom. The van der Waals surface area contributed by atoms with Gasteiger partial charge in [-0.1, -0.05) is 13.3 Å². The van der Waals surface area contributed by atoms with E-state index in [-0.39, 0.29) is 18.4 Å². The first-order chi connectivity index (χ1) is 11.4. The van der Waals surface area contributed by atoms with Gasteiger partial charge in [0.2, 0.25) is 11.8 Å². The van der Waals surface area contributed by atoms with Crippen molar-refractivity contribution in [2.75, 3.05) is 11.9 Å². The van der Waals surface area contributed by atoms with Crippen molar-refractivity contribution in [3.8, 4) is 5.69 Å². The lowest BCUT2D eigenvalue weighted by atomic mass is 9.96. The lowest BCUT2D eigenvalue weighted by Gasteiger charge is -2.22. The maximum atomic E-state index is 12.0. The van der Waals surface area contributed by atoms with Gasteiger partial charge in [0.05, 0.1) is 17.8 Å². The van der Waals surface area contributed by atoms with E-state index >= 15 is 0 Å². The Morgan fingerprint density at radius 2 is 2.00 bits per heavy atom. The number of rotatable bonds is 7. The Kier molecular flexibility index (Phi) is 5.70. The number of carbonyl (C=O) groups excluding carboxylic acids is 2. The molecule has 0 aliphatic rings. The molecule has 1 atom stereocenters. The minimum Gasteiger partial charge on any atom is -0.345 e. The largest absolute Gasteiger partial charge is 0.345 e. The monoisotopic (exact) mass is 329 g/mol. The molecule has 0 spiro atoms. The number of aromatic nitrogens is 2. The van der Waals surface area contributed by atoms with Crippen molar-refractivity contribution in [2.45, 2.75) is 32.2 Å². The van der Waals surface area contributed by atoms with Gasteiger partial charge in [0.15, 0.2) is 0 Å². The first-order valence-corrected chi connectivity index (χ1v) is 7.89. The normalized spacial score (nSPS) is 13.1. The first kappa shape index (κ1) is 17.7. The highest BCUT2D eigenvalue weighted by molar-refractivity contribution is 5.96. The van der Waals surface area contributed by atoms with Gasteiger partial charge in [0.25, 0.3) is 0 Å². The molecule has 24 heavy (non-hydrogen) atoms. The number of amides is 2. The van der Waals surface area contributed by atoms with E-state index in [2.05, 4.69) is 15.7 Å². The fourth-order valence-electron chi connectivity index (χ4n) is 2.32. The van der Waals surface area contributed by atoms with Gasteiger partial charge in [-0.3, -0.25) is 9.59 Å². The van der Waals surface area contributed by atoms with Gasteiger partial charge >= 0.3 is 0 Å². The van der Waals surface area contributed by atoms with Crippen LogP contribution in [0, 0.1) is 0 Å². The third-order valence-electron chi connectivity index (χ3n) is 3.62. The molecule has 7 heteroatoms. The van der Waals surface area contributed by atoms with Crippen LogP contribution in [0.3, 0.4) is 0 Å². The predicted octanol–water partition coefficient (Wildman–Crippen LogP) is 1.44. The van der Waals surface area contributed by atoms with Crippen molar-refractivity contribution in [1.82, 2.24) is 15.1 Å². The van der Waals surface area contributed by atoms with Crippen LogP contribution in [-0.4, -0.2) is 33.7 Å². The average molecular weight is 329 g/mol. The average Bonchev–Trinajstić information content (AvgIpc) is 3.07. The number of benzene rings is 1. The molecule has 0 radical (unpaired) electrons. The zero-order valence-electron chi connectivity index (χ0n) is 14.0. The highest BCUT2D eigenvalue weighted by Crippen LogP contribution is 2.12. The van der Waals surface area contributed by atoms with E-state index in [4.69, 9.17) is 5.73 Å². The number of hydrogen-bond donors (Lipinski definition) is 3. The number of carbonyl (C=O) groups is 2. The van der Waals surface area contributed by atoms with Crippen molar-refractivity contribution in [3.05, 3.63) is 42.7 Å². The van der Waals surface area contributed by atoms with Crippen LogP contribution in [0.5, 0.6) is 0 Å². The molecule has 1 heterocycles. The third-order valence-corrected chi connectivity index (χ3v) is 3.62. The summed E-state index contributed by atoms with van der Waals surface area (Å²) in [5.74, 6) is -0.629. The molecule has 0 aliphatic heterocycles. The minimum atomic E-state index is -0.958. The minimum absolute atomic E-state index is 0.115. The summed E-state index contributed by atoms with van der Waals surface area (Å²) < 4.78 is 1.72. The Hall–Kier alpha value is -2.67. The van der Waals surface area contributed by atoms with E-state index in [1.165, 1.54) is 0 Å². The highest BCUT2D eigenvalue weighted by Gasteiger charge is 2.27. The van der Waals surface area contributed by atoms with Crippen LogP contribution < -0.4 is 16.4 Å². The molecule has 128 valence electrons. The van der Waals surface area contributed by atoms with E-state index in [1.54, 1.807) is 29.9 Å². The molecule has 0 saturated carbocycles. The van der Waals surface area contributed by atoms with Crippen molar-refractivity contribution < 1.29 is 9.59 Å². The molecule has 7 nitrogen and oxygen atoms in total. The van der Waals surface area contributed by atoms with Crippen LogP contribution in [0.4, 0.5) is 5.69 Å². The van der Waals surface area contributed by atoms with Gasteiger partial charge in [-0.05, 0) is 43.7 Å². The summed E-state index contributed by atoms with van der Waals surface area (Å²) in [7, 11) is 0. The Labute approximate surface area is 141 Å². The molecule has 2 rings (SSSR count). The van der Waals surface area contributed by atoms with Gasteiger partial charge in [-0.25, -0.2) is 4.68 Å². The molecular weight excluding hydrogens is 306 g/mol. The van der Waals surface area contributed by atoms with Crippen molar-refractivity contribution in [2.24, 2.45) is 5.73 Å². The third kappa shape index (κ3) is 4.66. The lowest BCUT2D eigenvalue weighted by Crippen LogP contribution is -2.52. The summed E-state index contributed by atoms with van der Waals surface area (Å²) in [5, 5.41) is 9.43. The topological polar surface area (TPSA) is 102 Å². The van der Waals surface area contributed by atoms with Crippen LogP contribution in [0.1, 0.15) is 26.7 Å². The van der Waals surface area contributed by atoms with Gasteiger partial charge in [0, 0.05) is 18.1 Å². The maximum absolute atomic E-state index is 12.0. The number of anilines is 1. The Bertz CT molecular complexity index is 678. The summed E-state index contributed by atoms with van der Waals surface area (Å²) in [6.45, 7) is 3.51. The van der Waals surface area contributed by atoms with Crippen molar-refractivity contribution in [1.29, 1.82) is 0 Å². The van der Waals surface area contributed by atoms with E-state index in [0.29, 0.717) is 12.1 Å². The van der Waals surface area contributed by atoms with Crippen molar-refractivity contribution >= 4 is 17.5 Å². The molecule has 1 aromatic heterocycles. The van der Waals surface area contributed by atoms with Gasteiger partial charge < -0.3 is 16.4 Å². The SMILES string of the molecule is CCCC(C)(N)C(=O)NCC(=O)Nc1ccc(-n2cccn2)cc1. The van der Waals surface area contributed by atoms with Crippen LogP contribution >= 0.6 is 0 Å². The standard InChI is InChI=1S/C17H23N5O2/c1-3-9-17(2,18)16(24)19-12-15(23)21-13-5-7-14(8-6-13)22-11-4-10-20-22/h4-8,10-11H,3,9,12,18H2,1-2H3,(H,19,24)(H,21,23).